The molecule has 0 fully saturated rings. The highest BCUT2D eigenvalue weighted by Crippen LogP contribution is 2.61. The van der Waals surface area contributed by atoms with Crippen molar-refractivity contribution in [2.24, 2.45) is 10.8 Å². The highest BCUT2D eigenvalue weighted by atomic mass is 32.3. The average molecular weight is 359 g/mol. The maximum absolute atomic E-state index is 4.08. The van der Waals surface area contributed by atoms with E-state index in [2.05, 4.69) is 98.8 Å². The van der Waals surface area contributed by atoms with Crippen molar-refractivity contribution in [3.05, 3.63) is 58.7 Å². The van der Waals surface area contributed by atoms with Gasteiger partial charge in [-0.15, -0.1) is 6.58 Å². The minimum absolute atomic E-state index is 0.0731. The first kappa shape index (κ1) is 20.4. The fourth-order valence-corrected chi connectivity index (χ4v) is 7.76. The third-order valence-electron chi connectivity index (χ3n) is 7.49. The third kappa shape index (κ3) is 3.03. The number of hydrogen-bond donors (Lipinski definition) is 0. The molecule has 25 heavy (non-hydrogen) atoms. The molecular formula is C24H38S. The molecule has 0 N–H and O–H groups in total. The Morgan fingerprint density at radius 3 is 1.88 bits per heavy atom. The van der Waals surface area contributed by atoms with E-state index < -0.39 is 10.0 Å². The van der Waals surface area contributed by atoms with Crippen LogP contribution in [0, 0.1) is 10.8 Å². The van der Waals surface area contributed by atoms with Gasteiger partial charge in [-0.3, -0.25) is 0 Å². The van der Waals surface area contributed by atoms with E-state index in [1.807, 2.05) is 0 Å². The van der Waals surface area contributed by atoms with Gasteiger partial charge in [0.15, 0.2) is 0 Å². The maximum atomic E-state index is 4.08. The molecule has 0 saturated carbocycles. The smallest absolute Gasteiger partial charge is 0.0319 e. The molecule has 1 atom stereocenters. The van der Waals surface area contributed by atoms with Crippen LogP contribution in [0.1, 0.15) is 55.4 Å². The predicted molar refractivity (Wildman–Crippen MR) is 119 cm³/mol. The van der Waals surface area contributed by atoms with Crippen molar-refractivity contribution in [2.45, 2.75) is 65.9 Å². The largest absolute Gasteiger partial charge is 0.227 e. The predicted octanol–water partition coefficient (Wildman–Crippen LogP) is 7.21. The Hall–Kier alpha value is -0.950. The van der Waals surface area contributed by atoms with Gasteiger partial charge in [-0.05, 0) is 67.8 Å². The van der Waals surface area contributed by atoms with Crippen molar-refractivity contribution in [1.29, 1.82) is 0 Å². The second-order valence-corrected chi connectivity index (χ2v) is 13.5. The average Bonchev–Trinajstić information content (AvgIpc) is 3.10. The van der Waals surface area contributed by atoms with Crippen molar-refractivity contribution in [2.75, 3.05) is 12.5 Å². The quantitative estimate of drug-likeness (QED) is 0.455. The molecule has 0 aromatic heterocycles. The van der Waals surface area contributed by atoms with Crippen LogP contribution in [-0.2, 0) is 0 Å². The van der Waals surface area contributed by atoms with Crippen LogP contribution >= 0.6 is 10.0 Å². The Labute approximate surface area is 158 Å². The van der Waals surface area contributed by atoms with Crippen LogP contribution in [0.3, 0.4) is 0 Å². The third-order valence-corrected chi connectivity index (χ3v) is 11.1. The summed E-state index contributed by atoms with van der Waals surface area (Å²) in [5.41, 5.74) is 7.85. The molecule has 2 aliphatic rings. The summed E-state index contributed by atoms with van der Waals surface area (Å²) < 4.78 is 0. The van der Waals surface area contributed by atoms with Crippen LogP contribution in [0.15, 0.2) is 58.7 Å². The lowest BCUT2D eigenvalue weighted by Gasteiger charge is -2.44. The molecule has 0 spiro atoms. The Balaban J connectivity index is 2.40. The van der Waals surface area contributed by atoms with Gasteiger partial charge >= 0.3 is 0 Å². The van der Waals surface area contributed by atoms with Crippen molar-refractivity contribution < 1.29 is 0 Å². The first-order chi connectivity index (χ1) is 11.3. The van der Waals surface area contributed by atoms with Gasteiger partial charge in [0.05, 0.1) is 0 Å². The van der Waals surface area contributed by atoms with Crippen LogP contribution in [0.2, 0.25) is 0 Å². The molecule has 0 saturated heterocycles. The molecule has 0 aromatic rings. The Kier molecular flexibility index (Phi) is 5.16. The number of hydrogen-bond acceptors (Lipinski definition) is 0. The summed E-state index contributed by atoms with van der Waals surface area (Å²) in [6, 6.07) is 0. The second kappa shape index (κ2) is 6.34. The zero-order chi connectivity index (χ0) is 19.4. The van der Waals surface area contributed by atoms with Gasteiger partial charge in [0.2, 0.25) is 0 Å². The Morgan fingerprint density at radius 2 is 1.44 bits per heavy atom. The zero-order valence-electron chi connectivity index (χ0n) is 18.1. The van der Waals surface area contributed by atoms with Gasteiger partial charge in [0.25, 0.3) is 0 Å². The fourth-order valence-electron chi connectivity index (χ4n) is 4.29. The van der Waals surface area contributed by atoms with Crippen LogP contribution < -0.4 is 0 Å². The molecule has 0 heterocycles. The van der Waals surface area contributed by atoms with Gasteiger partial charge in [0.1, 0.15) is 0 Å². The molecule has 1 unspecified atom stereocenters. The molecule has 0 aliphatic heterocycles. The van der Waals surface area contributed by atoms with E-state index in [1.54, 1.807) is 11.1 Å². The molecule has 140 valence electrons. The number of rotatable bonds is 5. The first-order valence-corrected chi connectivity index (χ1v) is 12.0. The van der Waals surface area contributed by atoms with E-state index in [1.165, 1.54) is 16.7 Å². The minimum Gasteiger partial charge on any atom is -0.227 e. The Bertz CT molecular complexity index is 680. The van der Waals surface area contributed by atoms with E-state index in [-0.39, 0.29) is 10.8 Å². The lowest BCUT2D eigenvalue weighted by atomic mass is 9.64. The fraction of sp³-hybridized carbons (Fsp3) is 0.583. The van der Waals surface area contributed by atoms with E-state index in [9.17, 15) is 0 Å². The molecule has 2 aliphatic carbocycles. The molecule has 2 rings (SSSR count). The molecule has 1 heteroatoms. The minimum atomic E-state index is -0.853. The molecule has 0 radical (unpaired) electrons. The standard InChI is InChI=1S/C24H38S/c1-12-23(6,7)24(8,9)20-13-14-21(15-20)25(10,11)22-18(4)16(2)17(3)19(22)5/h12-15,21-22H,1H2,2-11H3. The van der Waals surface area contributed by atoms with Crippen molar-refractivity contribution in [1.82, 2.24) is 0 Å². The van der Waals surface area contributed by atoms with Gasteiger partial charge in [-0.2, -0.15) is 0 Å². The first-order valence-electron chi connectivity index (χ1n) is 9.39. The topological polar surface area (TPSA) is 0 Å². The van der Waals surface area contributed by atoms with Crippen LogP contribution in [0.5, 0.6) is 0 Å². The van der Waals surface area contributed by atoms with E-state index in [4.69, 9.17) is 0 Å². The van der Waals surface area contributed by atoms with Crippen molar-refractivity contribution >= 4 is 10.0 Å². The summed E-state index contributed by atoms with van der Waals surface area (Å²) in [6.45, 7) is 22.7. The van der Waals surface area contributed by atoms with Gasteiger partial charge in [-0.1, -0.05) is 63.1 Å². The molecule has 0 bridgehead atoms. The summed E-state index contributed by atoms with van der Waals surface area (Å²) in [6.07, 6.45) is 14.6. The van der Waals surface area contributed by atoms with Gasteiger partial charge in [-0.25, -0.2) is 10.0 Å². The monoisotopic (exact) mass is 358 g/mol. The highest BCUT2D eigenvalue weighted by molar-refractivity contribution is 8.34. The zero-order valence-corrected chi connectivity index (χ0v) is 18.9. The lowest BCUT2D eigenvalue weighted by molar-refractivity contribution is 0.221. The van der Waals surface area contributed by atoms with E-state index in [0.29, 0.717) is 10.5 Å². The summed E-state index contributed by atoms with van der Waals surface area (Å²) >= 11 is 0. The lowest BCUT2D eigenvalue weighted by Crippen LogP contribution is -2.32. The van der Waals surface area contributed by atoms with Gasteiger partial charge < -0.3 is 0 Å². The van der Waals surface area contributed by atoms with Crippen LogP contribution in [-0.4, -0.2) is 23.0 Å². The van der Waals surface area contributed by atoms with Gasteiger partial charge in [0, 0.05) is 10.5 Å². The highest BCUT2D eigenvalue weighted by Gasteiger charge is 2.42. The van der Waals surface area contributed by atoms with Crippen molar-refractivity contribution in [3.8, 4) is 0 Å². The SMILES string of the molecule is C=CC(C)(C)C(C)(C)C1=CC(S(C)(C)C2C(C)=C(C)C(C)=C2C)C=C1. The molecule has 0 aromatic carbocycles. The van der Waals surface area contributed by atoms with E-state index >= 15 is 0 Å². The molecule has 0 nitrogen and oxygen atoms in total. The Morgan fingerprint density at radius 1 is 0.960 bits per heavy atom. The normalized spacial score (nSPS) is 23.6. The van der Waals surface area contributed by atoms with Crippen LogP contribution in [0.25, 0.3) is 0 Å². The summed E-state index contributed by atoms with van der Waals surface area (Å²) in [5, 5.41) is 1.17. The maximum Gasteiger partial charge on any atom is 0.0319 e. The summed E-state index contributed by atoms with van der Waals surface area (Å²) in [4.78, 5) is 0. The molecule has 0 amide bonds. The number of allylic oxidation sites excluding steroid dienone is 5. The van der Waals surface area contributed by atoms with E-state index in [0.717, 1.165) is 0 Å². The molecular weight excluding hydrogens is 320 g/mol. The summed E-state index contributed by atoms with van der Waals surface area (Å²) in [7, 11) is -0.853. The second-order valence-electron chi connectivity index (χ2n) is 9.48. The van der Waals surface area contributed by atoms with Crippen LogP contribution in [0.4, 0.5) is 0 Å². The van der Waals surface area contributed by atoms with Crippen molar-refractivity contribution in [3.63, 3.8) is 0 Å². The summed E-state index contributed by atoms with van der Waals surface area (Å²) in [5.74, 6) is 0.